The fraction of sp³-hybridized carbons (Fsp3) is 0.381. The highest BCUT2D eigenvalue weighted by molar-refractivity contribution is 5.82. The van der Waals surface area contributed by atoms with E-state index in [0.29, 0.717) is 6.54 Å². The van der Waals surface area contributed by atoms with Crippen molar-refractivity contribution in [3.05, 3.63) is 66.1 Å². The number of aromatic nitrogens is 3. The number of aryl methyl sites for hydroxylation is 1. The highest BCUT2D eigenvalue weighted by atomic mass is 16.2. The van der Waals surface area contributed by atoms with Gasteiger partial charge in [-0.15, -0.1) is 10.2 Å². The number of nitrogens with one attached hydrogen (secondary N) is 1. The Balaban J connectivity index is 1.26. The van der Waals surface area contributed by atoms with E-state index in [1.807, 2.05) is 34.9 Å². The van der Waals surface area contributed by atoms with Crippen LogP contribution < -0.4 is 5.32 Å². The Kier molecular flexibility index (Phi) is 5.44. The van der Waals surface area contributed by atoms with E-state index in [-0.39, 0.29) is 11.9 Å². The van der Waals surface area contributed by atoms with Crippen LogP contribution in [-0.2, 0) is 17.8 Å². The number of hydrogen-bond acceptors (Lipinski definition) is 4. The molecule has 0 saturated carbocycles. The van der Waals surface area contributed by atoms with Gasteiger partial charge in [-0.3, -0.25) is 14.1 Å². The first-order chi connectivity index (χ1) is 13.3. The number of fused-ring (bicyclic) bond motifs is 1. The van der Waals surface area contributed by atoms with Crippen LogP contribution in [0.15, 0.2) is 54.7 Å². The van der Waals surface area contributed by atoms with Crippen LogP contribution in [0.5, 0.6) is 0 Å². The molecule has 0 unspecified atom stereocenters. The molecule has 1 aromatic carbocycles. The summed E-state index contributed by atoms with van der Waals surface area (Å²) in [5.74, 6) is 1.08. The Morgan fingerprint density at radius 1 is 1.11 bits per heavy atom. The monoisotopic (exact) mass is 363 g/mol. The zero-order valence-corrected chi connectivity index (χ0v) is 15.4. The lowest BCUT2D eigenvalue weighted by Crippen LogP contribution is -2.43. The topological polar surface area (TPSA) is 62.5 Å². The molecule has 1 saturated heterocycles. The normalized spacial score (nSPS) is 17.4. The summed E-state index contributed by atoms with van der Waals surface area (Å²) in [6.07, 6.45) is 5.64. The van der Waals surface area contributed by atoms with Gasteiger partial charge in [0.1, 0.15) is 5.82 Å². The van der Waals surface area contributed by atoms with Crippen molar-refractivity contribution in [1.82, 2.24) is 24.8 Å². The summed E-state index contributed by atoms with van der Waals surface area (Å²) in [6, 6.07) is 16.2. The molecule has 6 nitrogen and oxygen atoms in total. The van der Waals surface area contributed by atoms with Crippen LogP contribution in [0.4, 0.5) is 0 Å². The number of carbonyl (C=O) groups is 1. The number of carbonyl (C=O) groups excluding carboxylic acids is 1. The lowest BCUT2D eigenvalue weighted by Gasteiger charge is -2.23. The minimum atomic E-state index is -0.0147. The predicted molar refractivity (Wildman–Crippen MR) is 104 cm³/mol. The van der Waals surface area contributed by atoms with E-state index >= 15 is 0 Å². The van der Waals surface area contributed by atoms with E-state index in [2.05, 4.69) is 44.7 Å². The molecule has 0 radical (unpaired) electrons. The lowest BCUT2D eigenvalue weighted by molar-refractivity contribution is -0.125. The van der Waals surface area contributed by atoms with E-state index in [0.717, 1.165) is 50.2 Å². The average Bonchev–Trinajstić information content (AvgIpc) is 3.33. The number of likely N-dealkylation sites (tertiary alicyclic amines) is 1. The molecule has 3 heterocycles. The molecule has 1 aliphatic rings. The molecule has 0 bridgehead atoms. The second-order valence-corrected chi connectivity index (χ2v) is 7.05. The van der Waals surface area contributed by atoms with Gasteiger partial charge in [0.2, 0.25) is 5.91 Å². The lowest BCUT2D eigenvalue weighted by atomic mass is 10.1. The molecular weight excluding hydrogens is 338 g/mol. The molecule has 3 aromatic rings. The van der Waals surface area contributed by atoms with Gasteiger partial charge in [0.15, 0.2) is 5.65 Å². The van der Waals surface area contributed by atoms with Crippen LogP contribution in [-0.4, -0.2) is 44.5 Å². The van der Waals surface area contributed by atoms with Crippen LogP contribution in [0.3, 0.4) is 0 Å². The Morgan fingerprint density at radius 3 is 2.85 bits per heavy atom. The number of rotatable bonds is 7. The number of hydrogen-bond donors (Lipinski definition) is 1. The number of benzene rings is 1. The molecule has 0 aliphatic carbocycles. The quantitative estimate of drug-likeness (QED) is 0.655. The van der Waals surface area contributed by atoms with E-state index in [1.54, 1.807) is 0 Å². The maximum atomic E-state index is 12.6. The van der Waals surface area contributed by atoms with Crippen molar-refractivity contribution >= 4 is 11.6 Å². The summed E-state index contributed by atoms with van der Waals surface area (Å²) in [4.78, 5) is 14.9. The molecule has 1 N–H and O–H groups in total. The fourth-order valence-corrected chi connectivity index (χ4v) is 3.77. The van der Waals surface area contributed by atoms with E-state index in [9.17, 15) is 4.79 Å². The van der Waals surface area contributed by atoms with Crippen LogP contribution in [0.2, 0.25) is 0 Å². The number of pyridine rings is 1. The van der Waals surface area contributed by atoms with E-state index < -0.39 is 0 Å². The highest BCUT2D eigenvalue weighted by Crippen LogP contribution is 2.20. The molecule has 2 aromatic heterocycles. The zero-order valence-electron chi connectivity index (χ0n) is 15.4. The smallest absolute Gasteiger partial charge is 0.237 e. The van der Waals surface area contributed by atoms with E-state index in [4.69, 9.17) is 0 Å². The van der Waals surface area contributed by atoms with Crippen LogP contribution in [0.25, 0.3) is 5.65 Å². The minimum Gasteiger partial charge on any atom is -0.355 e. The Labute approximate surface area is 159 Å². The van der Waals surface area contributed by atoms with Gasteiger partial charge in [0, 0.05) is 25.7 Å². The minimum absolute atomic E-state index is 0.0147. The van der Waals surface area contributed by atoms with Gasteiger partial charge in [-0.2, -0.15) is 0 Å². The molecule has 1 amide bonds. The first-order valence-electron chi connectivity index (χ1n) is 9.65. The Hall–Kier alpha value is -2.73. The maximum absolute atomic E-state index is 12.6. The van der Waals surface area contributed by atoms with Crippen molar-refractivity contribution in [2.24, 2.45) is 0 Å². The summed E-state index contributed by atoms with van der Waals surface area (Å²) in [5.41, 5.74) is 2.12. The summed E-state index contributed by atoms with van der Waals surface area (Å²) in [7, 11) is 0. The molecule has 0 spiro atoms. The second kappa shape index (κ2) is 8.31. The van der Waals surface area contributed by atoms with Gasteiger partial charge in [-0.1, -0.05) is 36.4 Å². The van der Waals surface area contributed by atoms with Gasteiger partial charge in [-0.25, -0.2) is 0 Å². The third-order valence-corrected chi connectivity index (χ3v) is 5.16. The highest BCUT2D eigenvalue weighted by Gasteiger charge is 2.30. The third-order valence-electron chi connectivity index (χ3n) is 5.16. The SMILES string of the molecule is O=C(NCCCc1nnc2ccccn12)[C@@H]1CCCN1Cc1ccccc1. The fourth-order valence-electron chi connectivity index (χ4n) is 3.77. The molecule has 1 atom stereocenters. The molecule has 1 fully saturated rings. The van der Waals surface area contributed by atoms with Gasteiger partial charge in [0.05, 0.1) is 6.04 Å². The van der Waals surface area contributed by atoms with Gasteiger partial charge >= 0.3 is 0 Å². The Morgan fingerprint density at radius 2 is 1.96 bits per heavy atom. The van der Waals surface area contributed by atoms with Crippen molar-refractivity contribution in [2.45, 2.75) is 38.3 Å². The average molecular weight is 363 g/mol. The largest absolute Gasteiger partial charge is 0.355 e. The first kappa shape index (κ1) is 17.7. The van der Waals surface area contributed by atoms with E-state index in [1.165, 1.54) is 5.56 Å². The molecule has 27 heavy (non-hydrogen) atoms. The zero-order chi connectivity index (χ0) is 18.5. The standard InChI is InChI=1S/C21H25N5O/c27-21(18-10-7-14-25(18)16-17-8-2-1-3-9-17)22-13-6-12-20-24-23-19-11-4-5-15-26(19)20/h1-5,8-9,11,15,18H,6-7,10,12-14,16H2,(H,22,27)/t18-/m0/s1. The maximum Gasteiger partial charge on any atom is 0.237 e. The van der Waals surface area contributed by atoms with Crippen LogP contribution in [0, 0.1) is 0 Å². The van der Waals surface area contributed by atoms with Crippen LogP contribution >= 0.6 is 0 Å². The van der Waals surface area contributed by atoms with Crippen molar-refractivity contribution in [1.29, 1.82) is 0 Å². The third kappa shape index (κ3) is 4.17. The second-order valence-electron chi connectivity index (χ2n) is 7.05. The van der Waals surface area contributed by atoms with Crippen molar-refractivity contribution in [3.8, 4) is 0 Å². The van der Waals surface area contributed by atoms with Crippen molar-refractivity contribution in [2.75, 3.05) is 13.1 Å². The first-order valence-corrected chi connectivity index (χ1v) is 9.65. The Bertz CT molecular complexity index is 892. The summed E-state index contributed by atoms with van der Waals surface area (Å²) in [6.45, 7) is 2.49. The summed E-state index contributed by atoms with van der Waals surface area (Å²) in [5, 5.41) is 11.5. The molecule has 1 aliphatic heterocycles. The van der Waals surface area contributed by atoms with Gasteiger partial charge in [0.25, 0.3) is 0 Å². The number of amides is 1. The molecule has 6 heteroatoms. The van der Waals surface area contributed by atoms with Gasteiger partial charge < -0.3 is 5.32 Å². The van der Waals surface area contributed by atoms with Crippen molar-refractivity contribution in [3.63, 3.8) is 0 Å². The summed E-state index contributed by atoms with van der Waals surface area (Å²) < 4.78 is 2.00. The molecule has 140 valence electrons. The predicted octanol–water partition coefficient (Wildman–Crippen LogP) is 2.44. The summed E-state index contributed by atoms with van der Waals surface area (Å²) >= 11 is 0. The molecule has 4 rings (SSSR count). The molecular formula is C21H25N5O. The van der Waals surface area contributed by atoms with Crippen molar-refractivity contribution < 1.29 is 4.79 Å². The van der Waals surface area contributed by atoms with Crippen LogP contribution in [0.1, 0.15) is 30.7 Å². The van der Waals surface area contributed by atoms with Gasteiger partial charge in [-0.05, 0) is 43.5 Å². The number of nitrogens with zero attached hydrogens (tertiary/aromatic N) is 4.